The number of benzene rings is 1. The zero-order chi connectivity index (χ0) is 19.3. The maximum Gasteiger partial charge on any atom is 0.244 e. The Hall–Kier alpha value is -1.94. The molecule has 1 aromatic carbocycles. The van der Waals surface area contributed by atoms with E-state index in [4.69, 9.17) is 0 Å². The van der Waals surface area contributed by atoms with Gasteiger partial charge in [-0.1, -0.05) is 17.7 Å². The molecule has 0 aliphatic rings. The Bertz CT molecular complexity index is 852. The summed E-state index contributed by atoms with van der Waals surface area (Å²) in [6.45, 7) is 2.27. The van der Waals surface area contributed by atoms with E-state index in [0.29, 0.717) is 0 Å². The fourth-order valence-corrected chi connectivity index (χ4v) is 3.52. The molecule has 8 nitrogen and oxygen atoms in total. The van der Waals surface area contributed by atoms with Crippen molar-refractivity contribution in [3.63, 3.8) is 0 Å². The van der Waals surface area contributed by atoms with Gasteiger partial charge in [0.1, 0.15) is 6.04 Å². The number of likely N-dealkylation sites (N-methyl/N-ethyl adjacent to an activating group) is 2. The van der Waals surface area contributed by atoms with Crippen molar-refractivity contribution in [1.29, 1.82) is 0 Å². The lowest BCUT2D eigenvalue weighted by Gasteiger charge is -2.23. The van der Waals surface area contributed by atoms with Gasteiger partial charge in [0.25, 0.3) is 0 Å². The molecule has 1 aromatic heterocycles. The number of rotatable bonds is 8. The lowest BCUT2D eigenvalue weighted by atomic mass is 10.1. The first-order valence-electron chi connectivity index (χ1n) is 8.21. The summed E-state index contributed by atoms with van der Waals surface area (Å²) in [6.07, 6.45) is 3.40. The van der Waals surface area contributed by atoms with Crippen molar-refractivity contribution in [3.05, 3.63) is 47.8 Å². The lowest BCUT2D eigenvalue weighted by Crippen LogP contribution is -2.41. The minimum Gasteiger partial charge on any atom is -0.343 e. The Morgan fingerprint density at radius 3 is 2.44 bits per heavy atom. The van der Waals surface area contributed by atoms with Gasteiger partial charge in [-0.05, 0) is 26.1 Å². The minimum atomic E-state index is -3.59. The number of amides is 1. The van der Waals surface area contributed by atoms with E-state index in [1.54, 1.807) is 62.5 Å². The second-order valence-corrected chi connectivity index (χ2v) is 7.91. The molecule has 1 amide bonds. The number of nitrogens with zero attached hydrogens (tertiary/aromatic N) is 3. The standard InChI is InChI=1S/C17H25N5O3S.ClH/c1-13-5-7-15(8-6-13)26(24,25)20-9-10-21(3)17(23)16(18-2)14-11-19-22(4)12-14;/h5-8,11-12,16,18,20H,9-10H2,1-4H3;1H. The molecule has 1 heterocycles. The predicted octanol–water partition coefficient (Wildman–Crippen LogP) is 0.848. The first-order chi connectivity index (χ1) is 12.2. The van der Waals surface area contributed by atoms with Gasteiger partial charge in [-0.3, -0.25) is 9.48 Å². The number of carbonyl (C=O) groups excluding carboxylic acids is 1. The number of sulfonamides is 1. The monoisotopic (exact) mass is 415 g/mol. The Kier molecular flexibility index (Phi) is 8.42. The van der Waals surface area contributed by atoms with Crippen molar-refractivity contribution >= 4 is 28.3 Å². The maximum atomic E-state index is 12.6. The number of halogens is 1. The van der Waals surface area contributed by atoms with Gasteiger partial charge in [0.05, 0.1) is 11.1 Å². The largest absolute Gasteiger partial charge is 0.343 e. The van der Waals surface area contributed by atoms with Gasteiger partial charge in [-0.2, -0.15) is 5.10 Å². The Morgan fingerprint density at radius 1 is 1.30 bits per heavy atom. The first kappa shape index (κ1) is 23.1. The van der Waals surface area contributed by atoms with Crippen LogP contribution in [0.1, 0.15) is 17.2 Å². The molecule has 1 unspecified atom stereocenters. The molecule has 0 radical (unpaired) electrons. The number of carbonyl (C=O) groups is 1. The highest BCUT2D eigenvalue weighted by Crippen LogP contribution is 2.14. The molecular weight excluding hydrogens is 390 g/mol. The van der Waals surface area contributed by atoms with Gasteiger partial charge in [-0.25, -0.2) is 13.1 Å². The van der Waals surface area contributed by atoms with Crippen molar-refractivity contribution in [2.75, 3.05) is 27.2 Å². The van der Waals surface area contributed by atoms with E-state index in [-0.39, 0.29) is 36.3 Å². The van der Waals surface area contributed by atoms with Crippen LogP contribution in [0.25, 0.3) is 0 Å². The molecule has 0 fully saturated rings. The van der Waals surface area contributed by atoms with Crippen LogP contribution in [-0.4, -0.2) is 56.2 Å². The molecule has 0 aliphatic carbocycles. The number of nitrogens with one attached hydrogen (secondary N) is 2. The van der Waals surface area contributed by atoms with Crippen LogP contribution in [-0.2, 0) is 21.9 Å². The summed E-state index contributed by atoms with van der Waals surface area (Å²) in [7, 11) is 1.53. The van der Waals surface area contributed by atoms with Crippen LogP contribution in [0.3, 0.4) is 0 Å². The Labute approximate surface area is 166 Å². The summed E-state index contributed by atoms with van der Waals surface area (Å²) in [5.41, 5.74) is 1.75. The van der Waals surface area contributed by atoms with E-state index >= 15 is 0 Å². The molecule has 10 heteroatoms. The average Bonchev–Trinajstić information content (AvgIpc) is 3.01. The van der Waals surface area contributed by atoms with E-state index in [0.717, 1.165) is 11.1 Å². The molecule has 1 atom stereocenters. The van der Waals surface area contributed by atoms with E-state index in [1.807, 2.05) is 6.92 Å². The third-order valence-electron chi connectivity index (χ3n) is 4.04. The van der Waals surface area contributed by atoms with Crippen molar-refractivity contribution in [2.24, 2.45) is 7.05 Å². The summed E-state index contributed by atoms with van der Waals surface area (Å²) in [5.74, 6) is -0.157. The summed E-state index contributed by atoms with van der Waals surface area (Å²) >= 11 is 0. The highest BCUT2D eigenvalue weighted by atomic mass is 35.5. The molecule has 0 saturated carbocycles. The Morgan fingerprint density at radius 2 is 1.93 bits per heavy atom. The number of hydrogen-bond acceptors (Lipinski definition) is 5. The molecule has 2 aromatic rings. The van der Waals surface area contributed by atoms with Gasteiger partial charge < -0.3 is 10.2 Å². The number of aromatic nitrogens is 2. The van der Waals surface area contributed by atoms with Crippen LogP contribution in [0.2, 0.25) is 0 Å². The van der Waals surface area contributed by atoms with Gasteiger partial charge in [0.2, 0.25) is 15.9 Å². The lowest BCUT2D eigenvalue weighted by molar-refractivity contribution is -0.132. The summed E-state index contributed by atoms with van der Waals surface area (Å²) in [4.78, 5) is 14.3. The fraction of sp³-hybridized carbons (Fsp3) is 0.412. The highest BCUT2D eigenvalue weighted by molar-refractivity contribution is 7.89. The van der Waals surface area contributed by atoms with Crippen molar-refractivity contribution in [2.45, 2.75) is 17.9 Å². The van der Waals surface area contributed by atoms with Crippen LogP contribution in [0.4, 0.5) is 0 Å². The normalized spacial score (nSPS) is 12.3. The minimum absolute atomic E-state index is 0. The third kappa shape index (κ3) is 6.03. The van der Waals surface area contributed by atoms with Gasteiger partial charge in [0.15, 0.2) is 0 Å². The second-order valence-electron chi connectivity index (χ2n) is 6.14. The predicted molar refractivity (Wildman–Crippen MR) is 106 cm³/mol. The smallest absolute Gasteiger partial charge is 0.244 e. The molecule has 2 N–H and O–H groups in total. The van der Waals surface area contributed by atoms with Crippen molar-refractivity contribution in [1.82, 2.24) is 24.7 Å². The number of aryl methyl sites for hydroxylation is 2. The van der Waals surface area contributed by atoms with E-state index in [1.165, 1.54) is 4.90 Å². The molecule has 0 bridgehead atoms. The molecular formula is C17H26ClN5O3S. The van der Waals surface area contributed by atoms with Crippen LogP contribution in [0.5, 0.6) is 0 Å². The van der Waals surface area contributed by atoms with Gasteiger partial charge in [-0.15, -0.1) is 12.4 Å². The van der Waals surface area contributed by atoms with Gasteiger partial charge in [0, 0.05) is 38.9 Å². The van der Waals surface area contributed by atoms with E-state index in [9.17, 15) is 13.2 Å². The number of hydrogen-bond donors (Lipinski definition) is 2. The van der Waals surface area contributed by atoms with E-state index in [2.05, 4.69) is 15.1 Å². The first-order valence-corrected chi connectivity index (χ1v) is 9.70. The summed E-state index contributed by atoms with van der Waals surface area (Å²) in [6, 6.07) is 6.09. The Balaban J connectivity index is 0.00000364. The molecule has 150 valence electrons. The van der Waals surface area contributed by atoms with Crippen LogP contribution in [0, 0.1) is 6.92 Å². The van der Waals surface area contributed by atoms with Crippen molar-refractivity contribution < 1.29 is 13.2 Å². The third-order valence-corrected chi connectivity index (χ3v) is 5.52. The molecule has 27 heavy (non-hydrogen) atoms. The van der Waals surface area contributed by atoms with Crippen LogP contribution in [0.15, 0.2) is 41.6 Å². The molecule has 0 spiro atoms. The van der Waals surface area contributed by atoms with Crippen LogP contribution >= 0.6 is 12.4 Å². The zero-order valence-electron chi connectivity index (χ0n) is 15.8. The van der Waals surface area contributed by atoms with Crippen molar-refractivity contribution in [3.8, 4) is 0 Å². The van der Waals surface area contributed by atoms with E-state index < -0.39 is 16.1 Å². The highest BCUT2D eigenvalue weighted by Gasteiger charge is 2.23. The molecule has 2 rings (SSSR count). The zero-order valence-corrected chi connectivity index (χ0v) is 17.5. The summed E-state index contributed by atoms with van der Waals surface area (Å²) < 4.78 is 28.7. The fourth-order valence-electron chi connectivity index (χ4n) is 2.50. The van der Waals surface area contributed by atoms with Gasteiger partial charge >= 0.3 is 0 Å². The quantitative estimate of drug-likeness (QED) is 0.666. The topological polar surface area (TPSA) is 96.3 Å². The average molecular weight is 416 g/mol. The maximum absolute atomic E-state index is 12.6. The SMILES string of the molecule is CNC(C(=O)N(C)CCNS(=O)(=O)c1ccc(C)cc1)c1cnn(C)c1.Cl. The van der Waals surface area contributed by atoms with Crippen LogP contribution < -0.4 is 10.0 Å². The molecule has 0 aliphatic heterocycles. The summed E-state index contributed by atoms with van der Waals surface area (Å²) in [5, 5.41) is 7.04. The molecule has 0 saturated heterocycles. The second kappa shape index (κ2) is 9.84.